The highest BCUT2D eigenvalue weighted by molar-refractivity contribution is 5.78. The van der Waals surface area contributed by atoms with E-state index in [1.807, 2.05) is 4.57 Å². The van der Waals surface area contributed by atoms with Crippen molar-refractivity contribution in [3.8, 4) is 0 Å². The van der Waals surface area contributed by atoms with Gasteiger partial charge in [0.05, 0.1) is 23.0 Å². The van der Waals surface area contributed by atoms with E-state index in [-0.39, 0.29) is 11.4 Å². The van der Waals surface area contributed by atoms with Crippen LogP contribution in [0, 0.1) is 20.2 Å². The molecule has 2 heterocycles. The fraction of sp³-hybridized carbons (Fsp3) is 0.0833. The summed E-state index contributed by atoms with van der Waals surface area (Å²) in [4.78, 5) is 20.7. The minimum absolute atomic E-state index is 0.0518. The number of hydrogen-bond acceptors (Lipinski definition) is 4. The average Bonchev–Trinajstić information content (AvgIpc) is 2.71. The molecule has 0 fully saturated rings. The van der Waals surface area contributed by atoms with Crippen LogP contribution in [-0.4, -0.2) is 14.2 Å². The highest BCUT2D eigenvalue weighted by Crippen LogP contribution is 2.22. The molecule has 0 bridgehead atoms. The number of nitro groups is 2. The average molecular weight is 273 g/mol. The second-order valence-corrected chi connectivity index (χ2v) is 4.36. The fourth-order valence-electron chi connectivity index (χ4n) is 2.28. The molecule has 3 rings (SSSR count). The summed E-state index contributed by atoms with van der Waals surface area (Å²) in [6.07, 6.45) is 1.36. The summed E-state index contributed by atoms with van der Waals surface area (Å²) in [7, 11) is 1.80. The highest BCUT2D eigenvalue weighted by Gasteiger charge is 2.21. The van der Waals surface area contributed by atoms with E-state index in [4.69, 9.17) is 0 Å². The van der Waals surface area contributed by atoms with E-state index in [1.54, 1.807) is 23.6 Å². The van der Waals surface area contributed by atoms with Crippen molar-refractivity contribution in [3.05, 3.63) is 56.8 Å². The Balaban J connectivity index is 2.44. The Kier molecular flexibility index (Phi) is 2.40. The number of non-ortho nitro benzene ring substituents is 1. The van der Waals surface area contributed by atoms with Crippen LogP contribution in [-0.2, 0) is 7.05 Å². The van der Waals surface area contributed by atoms with E-state index in [2.05, 4.69) is 0 Å². The first-order valence-electron chi connectivity index (χ1n) is 5.71. The maximum atomic E-state index is 10.8. The van der Waals surface area contributed by atoms with Crippen molar-refractivity contribution < 1.29 is 14.4 Å². The molecule has 0 spiro atoms. The lowest BCUT2D eigenvalue weighted by Crippen LogP contribution is -2.26. The van der Waals surface area contributed by atoms with Gasteiger partial charge < -0.3 is 0 Å². The molecule has 0 saturated carbocycles. The number of nitrogens with zero attached hydrogens (tertiary/aromatic N) is 4. The summed E-state index contributed by atoms with van der Waals surface area (Å²) in [5.74, 6) is 0. The number of benzene rings is 1. The van der Waals surface area contributed by atoms with E-state index < -0.39 is 9.85 Å². The number of pyridine rings is 1. The summed E-state index contributed by atoms with van der Waals surface area (Å²) < 4.78 is 3.41. The molecule has 100 valence electrons. The Morgan fingerprint density at radius 2 is 1.70 bits per heavy atom. The summed E-state index contributed by atoms with van der Waals surface area (Å²) in [6, 6.07) is 7.47. The molecule has 8 heteroatoms. The topological polar surface area (TPSA) is 94.6 Å². The standard InChI is InChI=1S/C12H9N4O4/c1-13-10-4-2-8(15(17)18)6-11(10)14-7-9(16(19)20)3-5-12(13)14/h2-7H,1H3/q+1. The Labute approximate surface area is 111 Å². The van der Waals surface area contributed by atoms with Crippen molar-refractivity contribution in [2.24, 2.45) is 7.05 Å². The van der Waals surface area contributed by atoms with Gasteiger partial charge >= 0.3 is 5.69 Å². The van der Waals surface area contributed by atoms with Crippen LogP contribution in [0.5, 0.6) is 0 Å². The molecule has 0 aliphatic carbocycles. The molecular weight excluding hydrogens is 264 g/mol. The predicted molar refractivity (Wildman–Crippen MR) is 69.4 cm³/mol. The van der Waals surface area contributed by atoms with Crippen LogP contribution in [0.15, 0.2) is 36.5 Å². The van der Waals surface area contributed by atoms with Crippen molar-refractivity contribution in [2.75, 3.05) is 0 Å². The minimum atomic E-state index is -0.497. The van der Waals surface area contributed by atoms with Gasteiger partial charge in [0, 0.05) is 18.2 Å². The number of hydrogen-bond donors (Lipinski definition) is 0. The third-order valence-corrected chi connectivity index (χ3v) is 3.26. The largest absolute Gasteiger partial charge is 0.308 e. The van der Waals surface area contributed by atoms with Gasteiger partial charge in [-0.1, -0.05) is 0 Å². The van der Waals surface area contributed by atoms with Crippen LogP contribution in [0.4, 0.5) is 11.4 Å². The number of aryl methyl sites for hydroxylation is 1. The molecule has 8 nitrogen and oxygen atoms in total. The van der Waals surface area contributed by atoms with Gasteiger partial charge in [0.25, 0.3) is 11.3 Å². The second-order valence-electron chi connectivity index (χ2n) is 4.36. The Morgan fingerprint density at radius 1 is 1.05 bits per heavy atom. The summed E-state index contributed by atoms with van der Waals surface area (Å²) in [5.41, 5.74) is 1.91. The van der Waals surface area contributed by atoms with Gasteiger partial charge in [0.15, 0.2) is 17.2 Å². The van der Waals surface area contributed by atoms with Crippen molar-refractivity contribution in [1.82, 2.24) is 4.40 Å². The van der Waals surface area contributed by atoms with E-state index in [9.17, 15) is 20.2 Å². The highest BCUT2D eigenvalue weighted by atomic mass is 16.6. The quantitative estimate of drug-likeness (QED) is 0.403. The second kappa shape index (κ2) is 3.98. The molecule has 0 saturated heterocycles. The first-order chi connectivity index (χ1) is 9.49. The summed E-state index contributed by atoms with van der Waals surface area (Å²) in [6.45, 7) is 0. The summed E-state index contributed by atoms with van der Waals surface area (Å²) in [5, 5.41) is 21.7. The third-order valence-electron chi connectivity index (χ3n) is 3.26. The van der Waals surface area contributed by atoms with E-state index in [0.29, 0.717) is 11.2 Å². The normalized spacial score (nSPS) is 11.1. The zero-order valence-electron chi connectivity index (χ0n) is 10.4. The van der Waals surface area contributed by atoms with Crippen LogP contribution < -0.4 is 4.57 Å². The predicted octanol–water partition coefficient (Wildman–Crippen LogP) is 1.73. The molecule has 0 radical (unpaired) electrons. The lowest BCUT2D eigenvalue weighted by Gasteiger charge is -1.90. The van der Waals surface area contributed by atoms with Crippen molar-refractivity contribution in [1.29, 1.82) is 0 Å². The lowest BCUT2D eigenvalue weighted by atomic mass is 10.3. The van der Waals surface area contributed by atoms with Gasteiger partial charge in [0.2, 0.25) is 0 Å². The zero-order chi connectivity index (χ0) is 14.4. The van der Waals surface area contributed by atoms with Crippen LogP contribution in [0.1, 0.15) is 0 Å². The molecule has 0 aliphatic heterocycles. The van der Waals surface area contributed by atoms with Crippen molar-refractivity contribution in [3.63, 3.8) is 0 Å². The summed E-state index contributed by atoms with van der Waals surface area (Å²) >= 11 is 0. The first-order valence-corrected chi connectivity index (χ1v) is 5.71. The third kappa shape index (κ3) is 1.58. The van der Waals surface area contributed by atoms with E-state index in [1.165, 1.54) is 24.4 Å². The maximum absolute atomic E-state index is 10.8. The molecule has 0 aliphatic rings. The smallest absolute Gasteiger partial charge is 0.258 e. The van der Waals surface area contributed by atoms with E-state index >= 15 is 0 Å². The Hall–Kier alpha value is -3.03. The van der Waals surface area contributed by atoms with Crippen LogP contribution in [0.2, 0.25) is 0 Å². The molecule has 0 unspecified atom stereocenters. The van der Waals surface area contributed by atoms with Crippen LogP contribution in [0.3, 0.4) is 0 Å². The van der Waals surface area contributed by atoms with Crippen LogP contribution in [0.25, 0.3) is 16.7 Å². The molecule has 2 aromatic heterocycles. The van der Waals surface area contributed by atoms with Crippen molar-refractivity contribution in [2.45, 2.75) is 0 Å². The fourth-order valence-corrected chi connectivity index (χ4v) is 2.28. The van der Waals surface area contributed by atoms with Gasteiger partial charge in [0.1, 0.15) is 0 Å². The van der Waals surface area contributed by atoms with Gasteiger partial charge in [-0.3, -0.25) is 20.2 Å². The molecule has 0 amide bonds. The number of nitro benzene ring substituents is 1. The van der Waals surface area contributed by atoms with Gasteiger partial charge in [-0.25, -0.2) is 4.57 Å². The van der Waals surface area contributed by atoms with Gasteiger partial charge in [-0.05, 0) is 6.07 Å². The van der Waals surface area contributed by atoms with Gasteiger partial charge in [-0.15, -0.1) is 0 Å². The number of aromatic nitrogens is 2. The monoisotopic (exact) mass is 273 g/mol. The van der Waals surface area contributed by atoms with Crippen LogP contribution >= 0.6 is 0 Å². The van der Waals surface area contributed by atoms with Crippen molar-refractivity contribution >= 4 is 28.1 Å². The zero-order valence-corrected chi connectivity index (χ0v) is 10.4. The number of rotatable bonds is 2. The molecule has 0 N–H and O–H groups in total. The molecule has 3 aromatic rings. The SMILES string of the molecule is C[n+]1c2ccc([N+](=O)[O-])cc2n2cc([N+](=O)[O-])ccc21. The Bertz CT molecular complexity index is 813. The first kappa shape index (κ1) is 12.0. The van der Waals surface area contributed by atoms with E-state index in [0.717, 1.165) is 5.52 Å². The molecular formula is C12H9N4O4+. The maximum Gasteiger partial charge on any atom is 0.308 e. The van der Waals surface area contributed by atoms with Gasteiger partial charge in [-0.2, -0.15) is 4.40 Å². The minimum Gasteiger partial charge on any atom is -0.258 e. The molecule has 0 atom stereocenters. The Morgan fingerprint density at radius 3 is 2.35 bits per heavy atom. The molecule has 20 heavy (non-hydrogen) atoms. The lowest BCUT2D eigenvalue weighted by molar-refractivity contribution is -0.618. The number of imidazole rings is 1. The number of fused-ring (bicyclic) bond motifs is 3. The molecule has 1 aromatic carbocycles.